The quantitative estimate of drug-likeness (QED) is 0.912. The Morgan fingerprint density at radius 1 is 1.28 bits per heavy atom. The summed E-state index contributed by atoms with van der Waals surface area (Å²) < 4.78 is 6.27. The predicted octanol–water partition coefficient (Wildman–Crippen LogP) is 2.55. The Hall–Kier alpha value is -1.46. The van der Waals surface area contributed by atoms with Crippen molar-refractivity contribution in [3.05, 3.63) is 29.6 Å². The highest BCUT2D eigenvalue weighted by Crippen LogP contribution is 2.52. The third kappa shape index (κ3) is 2.59. The summed E-state index contributed by atoms with van der Waals surface area (Å²) in [7, 11) is 1.83. The third-order valence-electron chi connectivity index (χ3n) is 7.07. The van der Waals surface area contributed by atoms with Gasteiger partial charge in [-0.1, -0.05) is 13.3 Å². The van der Waals surface area contributed by atoms with Crippen LogP contribution < -0.4 is 5.73 Å². The van der Waals surface area contributed by atoms with Crippen molar-refractivity contribution in [2.75, 3.05) is 20.2 Å². The number of pyridine rings is 1. The molecule has 0 spiro atoms. The molecule has 5 nitrogen and oxygen atoms in total. The predicted molar refractivity (Wildman–Crippen MR) is 96.0 cm³/mol. The lowest BCUT2D eigenvalue weighted by atomic mass is 9.61. The monoisotopic (exact) mass is 343 g/mol. The second-order valence-electron chi connectivity index (χ2n) is 8.19. The van der Waals surface area contributed by atoms with Gasteiger partial charge in [0.05, 0.1) is 0 Å². The van der Waals surface area contributed by atoms with Crippen molar-refractivity contribution in [3.8, 4) is 0 Å². The first-order chi connectivity index (χ1) is 12.1. The SMILES string of the molecule is COC1(c2ccnc(C(N)=O)c2)C2CCCC1CN([C@H]1CC[C@H]1C)C2. The maximum absolute atomic E-state index is 11.6. The van der Waals surface area contributed by atoms with E-state index >= 15 is 0 Å². The van der Waals surface area contributed by atoms with Crippen LogP contribution in [0.1, 0.15) is 55.1 Å². The summed E-state index contributed by atoms with van der Waals surface area (Å²) in [6.07, 6.45) is 8.01. The first-order valence-corrected chi connectivity index (χ1v) is 9.61. The van der Waals surface area contributed by atoms with Crippen LogP contribution in [0.4, 0.5) is 0 Å². The number of hydrogen-bond donors (Lipinski definition) is 1. The molecule has 2 aliphatic carbocycles. The lowest BCUT2D eigenvalue weighted by molar-refractivity contribution is -0.181. The molecule has 2 unspecified atom stereocenters. The Morgan fingerprint density at radius 2 is 2.00 bits per heavy atom. The number of nitrogens with two attached hydrogens (primary N) is 1. The van der Waals surface area contributed by atoms with Crippen molar-refractivity contribution < 1.29 is 9.53 Å². The summed E-state index contributed by atoms with van der Waals surface area (Å²) in [6.45, 7) is 4.56. The fraction of sp³-hybridized carbons (Fsp3) is 0.700. The van der Waals surface area contributed by atoms with Crippen LogP contribution in [-0.2, 0) is 10.3 Å². The maximum Gasteiger partial charge on any atom is 0.267 e. The lowest BCUT2D eigenvalue weighted by Crippen LogP contribution is -2.62. The molecular weight excluding hydrogens is 314 g/mol. The molecule has 2 heterocycles. The normalized spacial score (nSPS) is 38.2. The molecule has 1 aliphatic heterocycles. The largest absolute Gasteiger partial charge is 0.373 e. The lowest BCUT2D eigenvalue weighted by Gasteiger charge is -2.58. The van der Waals surface area contributed by atoms with Crippen LogP contribution >= 0.6 is 0 Å². The van der Waals surface area contributed by atoms with Crippen LogP contribution in [0, 0.1) is 17.8 Å². The zero-order chi connectivity index (χ0) is 17.6. The van der Waals surface area contributed by atoms with Gasteiger partial charge in [0.15, 0.2) is 0 Å². The zero-order valence-electron chi connectivity index (χ0n) is 15.3. The van der Waals surface area contributed by atoms with E-state index in [9.17, 15) is 4.79 Å². The Kier molecular flexibility index (Phi) is 4.32. The smallest absolute Gasteiger partial charge is 0.267 e. The molecule has 2 bridgehead atoms. The van der Waals surface area contributed by atoms with Gasteiger partial charge in [0.1, 0.15) is 11.3 Å². The van der Waals surface area contributed by atoms with Crippen LogP contribution in [0.2, 0.25) is 0 Å². The van der Waals surface area contributed by atoms with Crippen LogP contribution in [0.25, 0.3) is 0 Å². The molecule has 1 aromatic rings. The summed E-state index contributed by atoms with van der Waals surface area (Å²) >= 11 is 0. The molecule has 4 atom stereocenters. The summed E-state index contributed by atoms with van der Waals surface area (Å²) in [4.78, 5) is 18.5. The minimum Gasteiger partial charge on any atom is -0.373 e. The fourth-order valence-electron chi connectivity index (χ4n) is 5.66. The molecule has 3 fully saturated rings. The Bertz CT molecular complexity index is 648. The van der Waals surface area contributed by atoms with E-state index in [1.165, 1.54) is 32.1 Å². The first-order valence-electron chi connectivity index (χ1n) is 9.61. The molecule has 136 valence electrons. The number of piperidine rings is 1. The van der Waals surface area contributed by atoms with E-state index < -0.39 is 5.91 Å². The van der Waals surface area contributed by atoms with Crippen molar-refractivity contribution in [2.45, 2.75) is 50.7 Å². The summed E-state index contributed by atoms with van der Waals surface area (Å²) in [6, 6.07) is 4.62. The minimum absolute atomic E-state index is 0.311. The number of fused-ring (bicyclic) bond motifs is 2. The van der Waals surface area contributed by atoms with Gasteiger partial charge in [-0.3, -0.25) is 14.7 Å². The number of hydrogen-bond acceptors (Lipinski definition) is 4. The first kappa shape index (κ1) is 17.0. The summed E-state index contributed by atoms with van der Waals surface area (Å²) in [5.74, 6) is 1.26. The highest BCUT2D eigenvalue weighted by Gasteiger charge is 2.54. The Morgan fingerprint density at radius 3 is 2.52 bits per heavy atom. The van der Waals surface area contributed by atoms with E-state index in [2.05, 4.69) is 16.8 Å². The molecule has 1 aromatic heterocycles. The second kappa shape index (κ2) is 6.36. The summed E-state index contributed by atoms with van der Waals surface area (Å²) in [5, 5.41) is 0. The fourth-order valence-corrected chi connectivity index (χ4v) is 5.66. The number of carbonyl (C=O) groups is 1. The van der Waals surface area contributed by atoms with Gasteiger partial charge in [-0.15, -0.1) is 0 Å². The van der Waals surface area contributed by atoms with E-state index in [1.54, 1.807) is 6.20 Å². The molecular formula is C20H29N3O2. The topological polar surface area (TPSA) is 68.5 Å². The Balaban J connectivity index is 1.69. The zero-order valence-corrected chi connectivity index (χ0v) is 15.3. The number of carbonyl (C=O) groups excluding carboxylic acids is 1. The van der Waals surface area contributed by atoms with E-state index in [1.807, 2.05) is 19.2 Å². The van der Waals surface area contributed by atoms with Gasteiger partial charge < -0.3 is 10.5 Å². The number of methoxy groups -OCH3 is 1. The molecule has 0 radical (unpaired) electrons. The number of amides is 1. The highest BCUT2D eigenvalue weighted by atomic mass is 16.5. The molecule has 1 amide bonds. The second-order valence-corrected chi connectivity index (χ2v) is 8.19. The number of primary amides is 1. The van der Waals surface area contributed by atoms with Crippen molar-refractivity contribution >= 4 is 5.91 Å². The average Bonchev–Trinajstić information content (AvgIpc) is 2.59. The van der Waals surface area contributed by atoms with Gasteiger partial charge in [0, 0.05) is 44.3 Å². The van der Waals surface area contributed by atoms with Crippen molar-refractivity contribution in [1.29, 1.82) is 0 Å². The molecule has 25 heavy (non-hydrogen) atoms. The van der Waals surface area contributed by atoms with Gasteiger partial charge in [-0.2, -0.15) is 0 Å². The summed E-state index contributed by atoms with van der Waals surface area (Å²) in [5.41, 5.74) is 6.57. The number of nitrogens with zero attached hydrogens (tertiary/aromatic N) is 2. The molecule has 5 heteroatoms. The Labute approximate surface area is 149 Å². The van der Waals surface area contributed by atoms with Crippen molar-refractivity contribution in [2.24, 2.45) is 23.5 Å². The third-order valence-corrected chi connectivity index (χ3v) is 7.07. The van der Waals surface area contributed by atoms with Crippen LogP contribution in [0.3, 0.4) is 0 Å². The molecule has 2 N–H and O–H groups in total. The maximum atomic E-state index is 11.6. The van der Waals surface area contributed by atoms with Crippen LogP contribution in [-0.4, -0.2) is 42.0 Å². The molecule has 2 saturated carbocycles. The number of ether oxygens (including phenoxy) is 1. The van der Waals surface area contributed by atoms with Crippen molar-refractivity contribution in [1.82, 2.24) is 9.88 Å². The molecule has 3 aliphatic rings. The van der Waals surface area contributed by atoms with E-state index in [0.29, 0.717) is 17.5 Å². The van der Waals surface area contributed by atoms with E-state index in [4.69, 9.17) is 10.5 Å². The molecule has 4 rings (SSSR count). The molecule has 1 saturated heterocycles. The molecule has 0 aromatic carbocycles. The minimum atomic E-state index is -0.473. The van der Waals surface area contributed by atoms with Crippen molar-refractivity contribution in [3.63, 3.8) is 0 Å². The van der Waals surface area contributed by atoms with E-state index in [-0.39, 0.29) is 5.60 Å². The van der Waals surface area contributed by atoms with Gasteiger partial charge in [-0.05, 0) is 49.3 Å². The van der Waals surface area contributed by atoms with Gasteiger partial charge in [0.2, 0.25) is 0 Å². The number of likely N-dealkylation sites (tertiary alicyclic amines) is 1. The average molecular weight is 343 g/mol. The standard InChI is InChI=1S/C20H29N3O2/c1-13-6-7-18(13)23-11-15-4-3-5-16(12-23)20(15,25-2)14-8-9-22-17(10-14)19(21)24/h8-10,13,15-16,18H,3-7,11-12H2,1-2H3,(H2,21,24)/t13-,15?,16?,18+,20?/m1/s1. The van der Waals surface area contributed by atoms with Gasteiger partial charge >= 0.3 is 0 Å². The van der Waals surface area contributed by atoms with Gasteiger partial charge in [-0.25, -0.2) is 0 Å². The van der Waals surface area contributed by atoms with Crippen LogP contribution in [0.5, 0.6) is 0 Å². The highest BCUT2D eigenvalue weighted by molar-refractivity contribution is 5.90. The van der Waals surface area contributed by atoms with Gasteiger partial charge in [0.25, 0.3) is 5.91 Å². The number of aromatic nitrogens is 1. The number of rotatable bonds is 4. The van der Waals surface area contributed by atoms with Crippen LogP contribution in [0.15, 0.2) is 18.3 Å². The van der Waals surface area contributed by atoms with E-state index in [0.717, 1.165) is 30.6 Å².